The van der Waals surface area contributed by atoms with Crippen molar-refractivity contribution in [3.8, 4) is 11.3 Å². The first-order valence-electron chi connectivity index (χ1n) is 11.4. The molecular weight excluding hydrogens is 541 g/mol. The van der Waals surface area contributed by atoms with Crippen molar-refractivity contribution in [1.82, 2.24) is 9.71 Å². The lowest BCUT2D eigenvalue weighted by atomic mass is 9.94. The largest absolute Gasteiger partial charge is 0.598 e. The van der Waals surface area contributed by atoms with Gasteiger partial charge in [-0.3, -0.25) is 4.98 Å². The molecule has 0 fully saturated rings. The third-order valence-electron chi connectivity index (χ3n) is 5.99. The Hall–Kier alpha value is -2.14. The van der Waals surface area contributed by atoms with E-state index < -0.39 is 33.9 Å². The second-order valence-corrected chi connectivity index (χ2v) is 13.3. The van der Waals surface area contributed by atoms with Gasteiger partial charge in [-0.1, -0.05) is 48.0 Å². The summed E-state index contributed by atoms with van der Waals surface area (Å²) in [5.41, 5.74) is -1.62. The first-order chi connectivity index (χ1) is 17.2. The quantitative estimate of drug-likeness (QED) is 0.237. The molecule has 196 valence electrons. The van der Waals surface area contributed by atoms with Crippen molar-refractivity contribution in [2.24, 2.45) is 0 Å². The van der Waals surface area contributed by atoms with Crippen LogP contribution in [-0.2, 0) is 17.0 Å². The molecule has 0 bridgehead atoms. The fourth-order valence-corrected chi connectivity index (χ4v) is 6.13. The fraction of sp³-hybridized carbons (Fsp3) is 0.296. The number of thiophene rings is 1. The minimum Gasteiger partial charge on any atom is -0.598 e. The molecule has 2 aromatic carbocycles. The maximum absolute atomic E-state index is 13.5. The van der Waals surface area contributed by atoms with Crippen molar-refractivity contribution in [3.63, 3.8) is 0 Å². The van der Waals surface area contributed by atoms with Crippen LogP contribution in [0.15, 0.2) is 66.9 Å². The number of pyridine rings is 1. The minimum atomic E-state index is -4.84. The molecule has 0 spiro atoms. The third-order valence-corrected chi connectivity index (χ3v) is 9.15. The van der Waals surface area contributed by atoms with Gasteiger partial charge in [0.2, 0.25) is 0 Å². The number of rotatable bonds is 6. The van der Waals surface area contributed by atoms with Crippen LogP contribution in [0.2, 0.25) is 5.02 Å². The average molecular weight is 567 g/mol. The summed E-state index contributed by atoms with van der Waals surface area (Å²) in [6.45, 7) is 6.34. The summed E-state index contributed by atoms with van der Waals surface area (Å²) < 4.78 is 57.0. The van der Waals surface area contributed by atoms with E-state index in [-0.39, 0.29) is 5.56 Å². The number of hydrogen-bond acceptors (Lipinski definition) is 5. The molecule has 0 aliphatic carbocycles. The highest BCUT2D eigenvalue weighted by molar-refractivity contribution is 7.90. The number of halogens is 4. The molecule has 0 saturated heterocycles. The standard InChI is InChI=1S/C27H26ClF3N2O2S2/c1-25(2,3)37(35)33-23(18-9-5-6-11-20(18)28)22-14-16-8-7-10-19(24(16)36-22)21-15-17(12-13-32-21)26(4,34)27(29,30)31/h5-15,23,33-34H,1-4H3/t23-,26+,37+/m1/s1. The summed E-state index contributed by atoms with van der Waals surface area (Å²) in [4.78, 5) is 5.14. The third kappa shape index (κ3) is 5.67. The van der Waals surface area contributed by atoms with Crippen LogP contribution in [0.1, 0.15) is 49.7 Å². The maximum atomic E-state index is 13.5. The lowest BCUT2D eigenvalue weighted by Gasteiger charge is -2.28. The van der Waals surface area contributed by atoms with Gasteiger partial charge in [0.05, 0.1) is 5.69 Å². The Balaban J connectivity index is 1.84. The zero-order valence-corrected chi connectivity index (χ0v) is 22.9. The smallest absolute Gasteiger partial charge is 0.421 e. The van der Waals surface area contributed by atoms with Crippen molar-refractivity contribution in [2.45, 2.75) is 50.3 Å². The van der Waals surface area contributed by atoms with Gasteiger partial charge in [-0.05, 0) is 68.5 Å². The zero-order valence-electron chi connectivity index (χ0n) is 20.6. The Bertz CT molecular complexity index is 1420. The van der Waals surface area contributed by atoms with E-state index in [0.29, 0.717) is 16.3 Å². The number of nitrogens with zero attached hydrogens (tertiary/aromatic N) is 1. The number of alkyl halides is 3. The molecular formula is C27H26ClF3N2O2S2. The van der Waals surface area contributed by atoms with E-state index in [4.69, 9.17) is 11.6 Å². The first kappa shape index (κ1) is 27.9. The van der Waals surface area contributed by atoms with Crippen molar-refractivity contribution < 1.29 is 22.8 Å². The summed E-state index contributed by atoms with van der Waals surface area (Å²) in [6.07, 6.45) is -3.58. The number of fused-ring (bicyclic) bond motifs is 1. The lowest BCUT2D eigenvalue weighted by Crippen LogP contribution is -2.41. The second-order valence-electron chi connectivity index (χ2n) is 9.83. The monoisotopic (exact) mass is 566 g/mol. The Morgan fingerprint density at radius 2 is 1.73 bits per heavy atom. The summed E-state index contributed by atoms with van der Waals surface area (Å²) in [6, 6.07) is 16.7. The van der Waals surface area contributed by atoms with Crippen molar-refractivity contribution in [3.05, 3.63) is 87.9 Å². The van der Waals surface area contributed by atoms with Gasteiger partial charge in [0.1, 0.15) is 10.8 Å². The van der Waals surface area contributed by atoms with E-state index in [1.807, 2.05) is 51.1 Å². The predicted molar refractivity (Wildman–Crippen MR) is 145 cm³/mol. The van der Waals surface area contributed by atoms with Gasteiger partial charge in [-0.25, -0.2) is 0 Å². The van der Waals surface area contributed by atoms with Crippen molar-refractivity contribution in [2.75, 3.05) is 0 Å². The molecule has 0 aliphatic heterocycles. The van der Waals surface area contributed by atoms with Gasteiger partial charge in [0.25, 0.3) is 0 Å². The van der Waals surface area contributed by atoms with Crippen LogP contribution in [-0.4, -0.2) is 25.6 Å². The Kier molecular flexibility index (Phi) is 7.69. The number of benzene rings is 2. The molecule has 4 nitrogen and oxygen atoms in total. The highest BCUT2D eigenvalue weighted by atomic mass is 35.5. The summed E-state index contributed by atoms with van der Waals surface area (Å²) in [5, 5.41) is 11.6. The molecule has 3 atom stereocenters. The van der Waals surface area contributed by atoms with Crippen LogP contribution >= 0.6 is 22.9 Å². The van der Waals surface area contributed by atoms with E-state index >= 15 is 0 Å². The van der Waals surface area contributed by atoms with E-state index in [2.05, 4.69) is 9.71 Å². The Morgan fingerprint density at radius 1 is 1.03 bits per heavy atom. The number of nitrogens with one attached hydrogen (secondary N) is 1. The molecule has 2 N–H and O–H groups in total. The van der Waals surface area contributed by atoms with Gasteiger partial charge in [0.15, 0.2) is 5.60 Å². The molecule has 2 heterocycles. The van der Waals surface area contributed by atoms with Crippen LogP contribution in [0, 0.1) is 0 Å². The molecule has 0 radical (unpaired) electrons. The van der Waals surface area contributed by atoms with E-state index in [9.17, 15) is 22.8 Å². The van der Waals surface area contributed by atoms with Crippen LogP contribution in [0.25, 0.3) is 21.3 Å². The summed E-state index contributed by atoms with van der Waals surface area (Å²) >= 11 is 6.54. The number of hydrogen-bond donors (Lipinski definition) is 2. The molecule has 4 aromatic rings. The fourth-order valence-electron chi connectivity index (χ4n) is 3.74. The zero-order chi connectivity index (χ0) is 27.2. The molecule has 37 heavy (non-hydrogen) atoms. The normalized spacial score (nSPS) is 15.9. The van der Waals surface area contributed by atoms with Crippen LogP contribution < -0.4 is 4.72 Å². The van der Waals surface area contributed by atoms with Gasteiger partial charge in [0, 0.05) is 37.7 Å². The summed E-state index contributed by atoms with van der Waals surface area (Å²) in [5.74, 6) is 0. The average Bonchev–Trinajstić information content (AvgIpc) is 3.26. The highest BCUT2D eigenvalue weighted by Gasteiger charge is 2.51. The number of aromatic nitrogens is 1. The summed E-state index contributed by atoms with van der Waals surface area (Å²) in [7, 11) is 0. The lowest BCUT2D eigenvalue weighted by molar-refractivity contribution is -0.258. The van der Waals surface area contributed by atoms with E-state index in [0.717, 1.165) is 33.5 Å². The van der Waals surface area contributed by atoms with Crippen LogP contribution in [0.3, 0.4) is 0 Å². The molecule has 0 saturated carbocycles. The van der Waals surface area contributed by atoms with Gasteiger partial charge >= 0.3 is 6.18 Å². The maximum Gasteiger partial charge on any atom is 0.421 e. The van der Waals surface area contributed by atoms with Crippen LogP contribution in [0.5, 0.6) is 0 Å². The first-order valence-corrected chi connectivity index (χ1v) is 13.8. The molecule has 0 unspecified atom stereocenters. The minimum absolute atomic E-state index is 0.296. The predicted octanol–water partition coefficient (Wildman–Crippen LogP) is 7.53. The topological polar surface area (TPSA) is 68.2 Å². The molecule has 0 amide bonds. The van der Waals surface area contributed by atoms with Gasteiger partial charge in [-0.15, -0.1) is 16.1 Å². The van der Waals surface area contributed by atoms with E-state index in [1.54, 1.807) is 18.2 Å². The van der Waals surface area contributed by atoms with Crippen molar-refractivity contribution in [1.29, 1.82) is 0 Å². The SMILES string of the molecule is CC(C)(C)[S@+]([O-])N[C@@H](c1cc2cccc(-c3cc([C@](C)(O)C(F)(F)F)ccn3)c2s1)c1ccccc1Cl. The molecule has 10 heteroatoms. The second kappa shape index (κ2) is 10.2. The molecule has 4 rings (SSSR count). The molecule has 2 aromatic heterocycles. The number of aliphatic hydroxyl groups is 1. The van der Waals surface area contributed by atoms with Gasteiger partial charge < -0.3 is 9.66 Å². The van der Waals surface area contributed by atoms with Gasteiger partial charge in [-0.2, -0.15) is 13.2 Å². The van der Waals surface area contributed by atoms with E-state index in [1.165, 1.54) is 23.6 Å². The van der Waals surface area contributed by atoms with Crippen LogP contribution in [0.4, 0.5) is 13.2 Å². The molecule has 0 aliphatic rings. The van der Waals surface area contributed by atoms with Crippen molar-refractivity contribution >= 4 is 44.4 Å². The Labute approximate surface area is 225 Å². The highest BCUT2D eigenvalue weighted by Crippen LogP contribution is 2.42. The Morgan fingerprint density at radius 3 is 2.38 bits per heavy atom.